The van der Waals surface area contributed by atoms with E-state index in [0.717, 1.165) is 24.3 Å². The van der Waals surface area contributed by atoms with Crippen LogP contribution in [0.5, 0.6) is 0 Å². The Balaban J connectivity index is 1.85. The van der Waals surface area contributed by atoms with E-state index in [-0.39, 0.29) is 5.91 Å². The van der Waals surface area contributed by atoms with E-state index < -0.39 is 0 Å². The lowest BCUT2D eigenvalue weighted by atomic mass is 9.82. The maximum Gasteiger partial charge on any atom is 0.224 e. The van der Waals surface area contributed by atoms with Gasteiger partial charge in [0.1, 0.15) is 0 Å². The van der Waals surface area contributed by atoms with Gasteiger partial charge in [0, 0.05) is 11.7 Å². The molecule has 1 amide bonds. The smallest absolute Gasteiger partial charge is 0.224 e. The number of hydrogen-bond acceptors (Lipinski definition) is 2. The van der Waals surface area contributed by atoms with Gasteiger partial charge in [-0.05, 0) is 30.4 Å². The highest BCUT2D eigenvalue weighted by atomic mass is 16.1. The van der Waals surface area contributed by atoms with Crippen molar-refractivity contribution >= 4 is 11.6 Å². The lowest BCUT2D eigenvalue weighted by Crippen LogP contribution is -2.44. The molecule has 3 heteroatoms. The molecule has 1 aliphatic rings. The third-order valence-electron chi connectivity index (χ3n) is 3.14. The Bertz CT molecular complexity index is 383. The first-order valence-electron chi connectivity index (χ1n) is 5.78. The Morgan fingerprint density at radius 3 is 2.75 bits per heavy atom. The maximum absolute atomic E-state index is 11.7. The van der Waals surface area contributed by atoms with Crippen molar-refractivity contribution in [1.82, 2.24) is 5.32 Å². The molecule has 0 unspecified atom stereocenters. The van der Waals surface area contributed by atoms with E-state index in [2.05, 4.69) is 12.2 Å². The van der Waals surface area contributed by atoms with Crippen molar-refractivity contribution in [2.24, 2.45) is 5.92 Å². The van der Waals surface area contributed by atoms with Gasteiger partial charge in [0.05, 0.1) is 6.42 Å². The summed E-state index contributed by atoms with van der Waals surface area (Å²) in [5.74, 6) is 0.835. The molecule has 0 radical (unpaired) electrons. The molecule has 3 nitrogen and oxygen atoms in total. The number of carbonyl (C=O) groups is 1. The zero-order valence-corrected chi connectivity index (χ0v) is 9.57. The molecule has 0 spiro atoms. The van der Waals surface area contributed by atoms with Crippen LogP contribution in [-0.2, 0) is 11.2 Å². The van der Waals surface area contributed by atoms with Crippen molar-refractivity contribution in [3.8, 4) is 0 Å². The summed E-state index contributed by atoms with van der Waals surface area (Å²) < 4.78 is 0. The molecule has 1 fully saturated rings. The molecule has 86 valence electrons. The summed E-state index contributed by atoms with van der Waals surface area (Å²) in [6.07, 6.45) is 2.60. The number of anilines is 1. The standard InChI is InChI=1S/C13H18N2O/c1-9-6-11(7-9)15-13(16)8-10-4-2-3-5-12(10)14/h2-5,9,11H,6-8,14H2,1H3,(H,15,16). The number of amides is 1. The number of nitrogens with one attached hydrogen (secondary N) is 1. The fourth-order valence-electron chi connectivity index (χ4n) is 2.17. The molecule has 1 aromatic carbocycles. The minimum Gasteiger partial charge on any atom is -0.398 e. The zero-order valence-electron chi connectivity index (χ0n) is 9.57. The normalized spacial score (nSPS) is 23.6. The van der Waals surface area contributed by atoms with Gasteiger partial charge >= 0.3 is 0 Å². The highest BCUT2D eigenvalue weighted by Gasteiger charge is 2.26. The van der Waals surface area contributed by atoms with Gasteiger partial charge in [-0.3, -0.25) is 4.79 Å². The molecule has 0 aliphatic heterocycles. The Kier molecular flexibility index (Phi) is 3.13. The molecule has 0 atom stereocenters. The minimum atomic E-state index is 0.0785. The minimum absolute atomic E-state index is 0.0785. The monoisotopic (exact) mass is 218 g/mol. The lowest BCUT2D eigenvalue weighted by Gasteiger charge is -2.33. The first kappa shape index (κ1) is 11.0. The van der Waals surface area contributed by atoms with Crippen LogP contribution in [-0.4, -0.2) is 11.9 Å². The SMILES string of the molecule is CC1CC(NC(=O)Cc2ccccc2N)C1. The zero-order chi connectivity index (χ0) is 11.5. The summed E-state index contributed by atoms with van der Waals surface area (Å²) in [6.45, 7) is 2.21. The number of nitrogen functional groups attached to an aromatic ring is 1. The third kappa shape index (κ3) is 2.54. The molecule has 16 heavy (non-hydrogen) atoms. The van der Waals surface area contributed by atoms with Gasteiger partial charge in [0.2, 0.25) is 5.91 Å². The fourth-order valence-corrected chi connectivity index (χ4v) is 2.17. The molecule has 1 aliphatic carbocycles. The highest BCUT2D eigenvalue weighted by Crippen LogP contribution is 2.26. The van der Waals surface area contributed by atoms with E-state index in [1.54, 1.807) is 0 Å². The molecule has 2 rings (SSSR count). The molecule has 3 N–H and O–H groups in total. The molecule has 0 aromatic heterocycles. The Labute approximate surface area is 96.0 Å². The number of nitrogens with two attached hydrogens (primary N) is 1. The van der Waals surface area contributed by atoms with E-state index in [1.807, 2.05) is 24.3 Å². The van der Waals surface area contributed by atoms with Gasteiger partial charge in [-0.2, -0.15) is 0 Å². The molecular formula is C13H18N2O. The van der Waals surface area contributed by atoms with E-state index in [0.29, 0.717) is 18.2 Å². The van der Waals surface area contributed by atoms with Gasteiger partial charge in [0.15, 0.2) is 0 Å². The Morgan fingerprint density at radius 2 is 2.12 bits per heavy atom. The van der Waals surface area contributed by atoms with E-state index in [4.69, 9.17) is 5.73 Å². The summed E-state index contributed by atoms with van der Waals surface area (Å²) in [7, 11) is 0. The van der Waals surface area contributed by atoms with Crippen LogP contribution in [0.3, 0.4) is 0 Å². The number of hydrogen-bond donors (Lipinski definition) is 2. The topological polar surface area (TPSA) is 55.1 Å². The fraction of sp³-hybridized carbons (Fsp3) is 0.462. The van der Waals surface area contributed by atoms with E-state index in [1.165, 1.54) is 0 Å². The second-order valence-electron chi connectivity index (χ2n) is 4.72. The summed E-state index contributed by atoms with van der Waals surface area (Å²) in [6, 6.07) is 7.90. The van der Waals surface area contributed by atoms with Crippen LogP contribution in [0, 0.1) is 5.92 Å². The molecule has 0 heterocycles. The number of para-hydroxylation sites is 1. The van der Waals surface area contributed by atoms with Crippen LogP contribution in [0.4, 0.5) is 5.69 Å². The van der Waals surface area contributed by atoms with E-state index in [9.17, 15) is 4.79 Å². The number of rotatable bonds is 3. The molecule has 1 saturated carbocycles. The predicted molar refractivity (Wildman–Crippen MR) is 64.9 cm³/mol. The lowest BCUT2D eigenvalue weighted by molar-refractivity contribution is -0.121. The quantitative estimate of drug-likeness (QED) is 0.759. The molecule has 0 bridgehead atoms. The van der Waals surface area contributed by atoms with Crippen LogP contribution in [0.2, 0.25) is 0 Å². The van der Waals surface area contributed by atoms with Crippen molar-refractivity contribution in [3.05, 3.63) is 29.8 Å². The Hall–Kier alpha value is -1.51. The summed E-state index contributed by atoms with van der Waals surface area (Å²) >= 11 is 0. The van der Waals surface area contributed by atoms with Gasteiger partial charge < -0.3 is 11.1 Å². The summed E-state index contributed by atoms with van der Waals surface area (Å²) in [5.41, 5.74) is 7.39. The molecule has 0 saturated heterocycles. The summed E-state index contributed by atoms with van der Waals surface area (Å²) in [5, 5.41) is 3.03. The maximum atomic E-state index is 11.7. The second-order valence-corrected chi connectivity index (χ2v) is 4.72. The van der Waals surface area contributed by atoms with Crippen LogP contribution in [0.25, 0.3) is 0 Å². The van der Waals surface area contributed by atoms with Crippen LogP contribution < -0.4 is 11.1 Å². The van der Waals surface area contributed by atoms with Crippen molar-refractivity contribution in [3.63, 3.8) is 0 Å². The summed E-state index contributed by atoms with van der Waals surface area (Å²) in [4.78, 5) is 11.7. The molecule has 1 aromatic rings. The first-order chi connectivity index (χ1) is 7.65. The van der Waals surface area contributed by atoms with Gasteiger partial charge in [-0.1, -0.05) is 25.1 Å². The highest BCUT2D eigenvalue weighted by molar-refractivity contribution is 5.80. The molecular weight excluding hydrogens is 200 g/mol. The number of carbonyl (C=O) groups excluding carboxylic acids is 1. The first-order valence-corrected chi connectivity index (χ1v) is 5.78. The van der Waals surface area contributed by atoms with E-state index >= 15 is 0 Å². The average Bonchev–Trinajstić information content (AvgIpc) is 2.19. The van der Waals surface area contributed by atoms with Crippen molar-refractivity contribution in [2.45, 2.75) is 32.2 Å². The van der Waals surface area contributed by atoms with Crippen molar-refractivity contribution < 1.29 is 4.79 Å². The van der Waals surface area contributed by atoms with Gasteiger partial charge in [-0.25, -0.2) is 0 Å². The van der Waals surface area contributed by atoms with Gasteiger partial charge in [-0.15, -0.1) is 0 Å². The number of benzene rings is 1. The van der Waals surface area contributed by atoms with Crippen molar-refractivity contribution in [1.29, 1.82) is 0 Å². The van der Waals surface area contributed by atoms with Crippen LogP contribution >= 0.6 is 0 Å². The average molecular weight is 218 g/mol. The van der Waals surface area contributed by atoms with Crippen LogP contribution in [0.15, 0.2) is 24.3 Å². The van der Waals surface area contributed by atoms with Crippen molar-refractivity contribution in [2.75, 3.05) is 5.73 Å². The van der Waals surface area contributed by atoms with Gasteiger partial charge in [0.25, 0.3) is 0 Å². The third-order valence-corrected chi connectivity index (χ3v) is 3.14. The van der Waals surface area contributed by atoms with Crippen LogP contribution in [0.1, 0.15) is 25.3 Å². The second kappa shape index (κ2) is 4.56. The predicted octanol–water partition coefficient (Wildman–Crippen LogP) is 1.73. The Morgan fingerprint density at radius 1 is 1.44 bits per heavy atom. The largest absolute Gasteiger partial charge is 0.398 e.